The van der Waals surface area contributed by atoms with Crippen molar-refractivity contribution in [3.8, 4) is 11.5 Å². The lowest BCUT2D eigenvalue weighted by Crippen LogP contribution is -2.24. The molecule has 6 heteroatoms. The summed E-state index contributed by atoms with van der Waals surface area (Å²) in [5.74, 6) is 1.44. The van der Waals surface area contributed by atoms with E-state index < -0.39 is 6.09 Å². The van der Waals surface area contributed by atoms with Gasteiger partial charge >= 0.3 is 6.09 Å². The topological polar surface area (TPSA) is 56.8 Å². The molecule has 0 aliphatic rings. The number of hydrogen-bond donors (Lipinski definition) is 1. The Morgan fingerprint density at radius 3 is 2.56 bits per heavy atom. The number of benzene rings is 1. The monoisotopic (exact) mass is 316 g/mol. The smallest absolute Gasteiger partial charge is 0.407 e. The zero-order chi connectivity index (χ0) is 13.5. The molecule has 0 saturated carbocycles. The molecule has 99 valence electrons. The molecule has 0 fully saturated rings. The summed E-state index contributed by atoms with van der Waals surface area (Å²) in [4.78, 5) is 10.9. The highest BCUT2D eigenvalue weighted by Crippen LogP contribution is 2.32. The number of carbonyl (C=O) groups is 1. The lowest BCUT2D eigenvalue weighted by atomic mass is 10.1. The van der Waals surface area contributed by atoms with Gasteiger partial charge in [0.15, 0.2) is 0 Å². The van der Waals surface area contributed by atoms with Crippen molar-refractivity contribution in [2.24, 2.45) is 0 Å². The van der Waals surface area contributed by atoms with Crippen LogP contribution < -0.4 is 14.8 Å². The molecule has 0 bridgehead atoms. The van der Waals surface area contributed by atoms with Crippen molar-refractivity contribution in [3.05, 3.63) is 29.3 Å². The molecule has 1 radical (unpaired) electrons. The maximum Gasteiger partial charge on any atom is 0.407 e. The Bertz CT molecular complexity index is 423. The average molecular weight is 317 g/mol. The summed E-state index contributed by atoms with van der Waals surface area (Å²) >= 11 is 3.38. The highest BCUT2D eigenvalue weighted by atomic mass is 79.9. The van der Waals surface area contributed by atoms with Crippen molar-refractivity contribution in [2.75, 3.05) is 20.8 Å². The van der Waals surface area contributed by atoms with Crippen molar-refractivity contribution in [1.82, 2.24) is 5.32 Å². The van der Waals surface area contributed by atoms with Crippen LogP contribution in [-0.4, -0.2) is 26.9 Å². The van der Waals surface area contributed by atoms with Crippen LogP contribution in [0.25, 0.3) is 0 Å². The molecule has 0 unspecified atom stereocenters. The van der Waals surface area contributed by atoms with Gasteiger partial charge in [-0.3, -0.25) is 0 Å². The van der Waals surface area contributed by atoms with Crippen LogP contribution in [-0.2, 0) is 11.2 Å². The minimum absolute atomic E-state index is 0.426. The molecule has 5 nitrogen and oxygen atoms in total. The maximum absolute atomic E-state index is 10.9. The van der Waals surface area contributed by atoms with Gasteiger partial charge in [0.1, 0.15) is 18.6 Å². The second-order valence-electron chi connectivity index (χ2n) is 3.41. The summed E-state index contributed by atoms with van der Waals surface area (Å²) in [5, 5.41) is 2.55. The van der Waals surface area contributed by atoms with Crippen LogP contribution >= 0.6 is 15.9 Å². The van der Waals surface area contributed by atoms with Crippen molar-refractivity contribution < 1.29 is 19.0 Å². The van der Waals surface area contributed by atoms with E-state index in [9.17, 15) is 4.79 Å². The first kappa shape index (κ1) is 14.6. The summed E-state index contributed by atoms with van der Waals surface area (Å²) in [6.45, 7) is 0.426. The Morgan fingerprint density at radius 2 is 2.00 bits per heavy atom. The van der Waals surface area contributed by atoms with E-state index in [1.54, 1.807) is 14.2 Å². The van der Waals surface area contributed by atoms with E-state index in [-0.39, 0.29) is 0 Å². The van der Waals surface area contributed by atoms with Gasteiger partial charge in [-0.1, -0.05) is 0 Å². The molecule has 1 N–H and O–H groups in total. The van der Waals surface area contributed by atoms with Crippen LogP contribution in [0.2, 0.25) is 0 Å². The Kier molecular flexibility index (Phi) is 5.77. The van der Waals surface area contributed by atoms with Crippen LogP contribution in [0.3, 0.4) is 0 Å². The first-order valence-corrected chi connectivity index (χ1v) is 6.02. The van der Waals surface area contributed by atoms with Gasteiger partial charge in [-0.05, 0) is 40.0 Å². The Hall–Kier alpha value is -1.43. The number of hydrogen-bond acceptors (Lipinski definition) is 4. The van der Waals surface area contributed by atoms with Gasteiger partial charge in [0.05, 0.1) is 18.7 Å². The molecule has 18 heavy (non-hydrogen) atoms. The molecular formula is C12H15BrNO4. The molecule has 1 rings (SSSR count). The highest BCUT2D eigenvalue weighted by Gasteiger charge is 2.10. The normalized spacial score (nSPS) is 9.78. The van der Waals surface area contributed by atoms with Crippen molar-refractivity contribution in [2.45, 2.75) is 6.42 Å². The highest BCUT2D eigenvalue weighted by molar-refractivity contribution is 9.10. The van der Waals surface area contributed by atoms with Crippen LogP contribution in [0.5, 0.6) is 11.5 Å². The van der Waals surface area contributed by atoms with E-state index in [1.165, 1.54) is 0 Å². The van der Waals surface area contributed by atoms with Crippen molar-refractivity contribution >= 4 is 22.0 Å². The van der Waals surface area contributed by atoms with E-state index >= 15 is 0 Å². The standard InChI is InChI=1S/C12H15BrNO4/c1-16-10-7-9(13)11(17-2)6-8(10)4-5-14-12(15)18-3/h6-7H,3-5H2,1-2H3,(H,14,15). The number of rotatable bonds is 5. The molecule has 0 aliphatic carbocycles. The molecule has 0 spiro atoms. The second kappa shape index (κ2) is 7.10. The predicted octanol–water partition coefficient (Wildman–Crippen LogP) is 2.53. The summed E-state index contributed by atoms with van der Waals surface area (Å²) < 4.78 is 15.5. The molecule has 1 amide bonds. The van der Waals surface area contributed by atoms with Gasteiger partial charge in [0.25, 0.3) is 0 Å². The SMILES string of the molecule is [CH2]OC(=O)NCCc1cc(OC)c(Br)cc1OC. The number of ether oxygens (including phenoxy) is 3. The van der Waals surface area contributed by atoms with E-state index in [0.29, 0.717) is 18.7 Å². The number of methoxy groups -OCH3 is 2. The van der Waals surface area contributed by atoms with Gasteiger partial charge in [-0.15, -0.1) is 0 Å². The van der Waals surface area contributed by atoms with Gasteiger partial charge in [0.2, 0.25) is 0 Å². The molecule has 1 aromatic rings. The Morgan fingerprint density at radius 1 is 1.33 bits per heavy atom. The summed E-state index contributed by atoms with van der Waals surface area (Å²) in [5.41, 5.74) is 0.932. The third-order valence-corrected chi connectivity index (χ3v) is 2.97. The van der Waals surface area contributed by atoms with Crippen molar-refractivity contribution in [1.29, 1.82) is 0 Å². The Balaban J connectivity index is 2.76. The molecule has 0 atom stereocenters. The fraction of sp³-hybridized carbons (Fsp3) is 0.333. The lowest BCUT2D eigenvalue weighted by molar-refractivity contribution is 0.183. The van der Waals surface area contributed by atoms with E-state index in [2.05, 4.69) is 33.1 Å². The van der Waals surface area contributed by atoms with E-state index in [4.69, 9.17) is 9.47 Å². The molecule has 0 heterocycles. The third-order valence-electron chi connectivity index (χ3n) is 2.35. The van der Waals surface area contributed by atoms with E-state index in [1.807, 2.05) is 12.1 Å². The van der Waals surface area contributed by atoms with Crippen LogP contribution in [0, 0.1) is 7.11 Å². The molecule has 0 aromatic heterocycles. The lowest BCUT2D eigenvalue weighted by Gasteiger charge is -2.12. The first-order chi connectivity index (χ1) is 8.62. The number of amides is 1. The summed E-state index contributed by atoms with van der Waals surface area (Å²) in [6.07, 6.45) is 0.0418. The zero-order valence-corrected chi connectivity index (χ0v) is 11.9. The number of alkyl carbamates (subject to hydrolysis) is 1. The molecule has 0 aliphatic heterocycles. The van der Waals surface area contributed by atoms with Gasteiger partial charge in [-0.2, -0.15) is 0 Å². The van der Waals surface area contributed by atoms with Crippen LogP contribution in [0.15, 0.2) is 16.6 Å². The number of carbonyl (C=O) groups excluding carboxylic acids is 1. The average Bonchev–Trinajstić information content (AvgIpc) is 2.39. The number of nitrogens with one attached hydrogen (secondary N) is 1. The minimum atomic E-state index is -0.557. The maximum atomic E-state index is 10.9. The predicted molar refractivity (Wildman–Crippen MR) is 70.8 cm³/mol. The fourth-order valence-electron chi connectivity index (χ4n) is 1.47. The molecule has 0 saturated heterocycles. The van der Waals surface area contributed by atoms with Crippen LogP contribution in [0.1, 0.15) is 5.56 Å². The van der Waals surface area contributed by atoms with E-state index in [0.717, 1.165) is 15.8 Å². The fourth-order valence-corrected chi connectivity index (χ4v) is 1.95. The number of halogens is 1. The molecular weight excluding hydrogens is 302 g/mol. The van der Waals surface area contributed by atoms with Crippen molar-refractivity contribution in [3.63, 3.8) is 0 Å². The first-order valence-electron chi connectivity index (χ1n) is 5.22. The zero-order valence-electron chi connectivity index (χ0n) is 10.3. The largest absolute Gasteiger partial charge is 0.496 e. The van der Waals surface area contributed by atoms with Crippen LogP contribution in [0.4, 0.5) is 4.79 Å². The third kappa shape index (κ3) is 3.80. The van der Waals surface area contributed by atoms with Gasteiger partial charge in [0, 0.05) is 6.54 Å². The summed E-state index contributed by atoms with van der Waals surface area (Å²) in [6, 6.07) is 3.69. The summed E-state index contributed by atoms with van der Waals surface area (Å²) in [7, 11) is 6.21. The Labute approximate surface area is 115 Å². The van der Waals surface area contributed by atoms with Gasteiger partial charge < -0.3 is 19.5 Å². The molecule has 1 aromatic carbocycles. The minimum Gasteiger partial charge on any atom is -0.496 e. The quantitative estimate of drug-likeness (QED) is 0.907. The second-order valence-corrected chi connectivity index (χ2v) is 4.26. The van der Waals surface area contributed by atoms with Gasteiger partial charge in [-0.25, -0.2) is 4.79 Å².